The van der Waals surface area contributed by atoms with Crippen LogP contribution in [0.5, 0.6) is 0 Å². The van der Waals surface area contributed by atoms with Crippen LogP contribution in [0.2, 0.25) is 0 Å². The van der Waals surface area contributed by atoms with Crippen LogP contribution in [0, 0.1) is 0 Å². The molecule has 0 unspecified atom stereocenters. The van der Waals surface area contributed by atoms with Gasteiger partial charge in [0.2, 0.25) is 0 Å². The molecule has 18 heavy (non-hydrogen) atoms. The summed E-state index contributed by atoms with van der Waals surface area (Å²) in [6.07, 6.45) is 2.96. The van der Waals surface area contributed by atoms with E-state index in [0.29, 0.717) is 0 Å². The number of halogens is 1. The highest BCUT2D eigenvalue weighted by molar-refractivity contribution is 9.10. The largest absolute Gasteiger partial charge is 0.294 e. The lowest BCUT2D eigenvalue weighted by Gasteiger charge is -2.29. The van der Waals surface area contributed by atoms with Crippen molar-refractivity contribution in [1.82, 2.24) is 9.88 Å². The van der Waals surface area contributed by atoms with E-state index in [1.165, 1.54) is 16.7 Å². The van der Waals surface area contributed by atoms with Crippen LogP contribution in [0.4, 0.5) is 0 Å². The third-order valence-corrected chi connectivity index (χ3v) is 4.10. The molecule has 0 bridgehead atoms. The molecule has 3 rings (SSSR count). The molecule has 0 saturated heterocycles. The summed E-state index contributed by atoms with van der Waals surface area (Å²) in [5.74, 6) is 0. The van der Waals surface area contributed by atoms with Crippen LogP contribution in [0.1, 0.15) is 16.7 Å². The molecular formula is C15H15BrN2. The summed E-state index contributed by atoms with van der Waals surface area (Å²) < 4.78 is 1.01. The summed E-state index contributed by atoms with van der Waals surface area (Å²) in [6.45, 7) is 3.15. The molecule has 0 spiro atoms. The third-order valence-electron chi connectivity index (χ3n) is 3.42. The van der Waals surface area contributed by atoms with Gasteiger partial charge in [0.15, 0.2) is 0 Å². The molecule has 2 nitrogen and oxygen atoms in total. The molecule has 1 aromatic heterocycles. The van der Waals surface area contributed by atoms with E-state index in [4.69, 9.17) is 0 Å². The molecule has 0 atom stereocenters. The lowest BCUT2D eigenvalue weighted by molar-refractivity contribution is 0.245. The minimum Gasteiger partial charge on any atom is -0.294 e. The monoisotopic (exact) mass is 302 g/mol. The highest BCUT2D eigenvalue weighted by Crippen LogP contribution is 2.25. The van der Waals surface area contributed by atoms with Crippen LogP contribution in [0.3, 0.4) is 0 Å². The first kappa shape index (κ1) is 11.9. The number of pyridine rings is 1. The number of aromatic nitrogens is 1. The van der Waals surface area contributed by atoms with Crippen LogP contribution in [-0.2, 0) is 19.5 Å². The summed E-state index contributed by atoms with van der Waals surface area (Å²) >= 11 is 3.54. The van der Waals surface area contributed by atoms with Gasteiger partial charge in [-0.1, -0.05) is 30.3 Å². The second-order valence-electron chi connectivity index (χ2n) is 4.69. The lowest BCUT2D eigenvalue weighted by Crippen LogP contribution is -2.30. The van der Waals surface area contributed by atoms with Gasteiger partial charge in [0, 0.05) is 25.8 Å². The molecule has 1 aliphatic rings. The van der Waals surface area contributed by atoms with Crippen molar-refractivity contribution in [3.8, 4) is 0 Å². The number of fused-ring (bicyclic) bond motifs is 1. The van der Waals surface area contributed by atoms with Gasteiger partial charge in [-0.25, -0.2) is 4.98 Å². The second kappa shape index (κ2) is 5.21. The summed E-state index contributed by atoms with van der Waals surface area (Å²) in [4.78, 5) is 6.79. The van der Waals surface area contributed by atoms with Crippen LogP contribution in [-0.4, -0.2) is 16.4 Å². The van der Waals surface area contributed by atoms with Gasteiger partial charge < -0.3 is 0 Å². The normalized spacial score (nSPS) is 15.4. The smallest absolute Gasteiger partial charge is 0.109 e. The average molecular weight is 303 g/mol. The van der Waals surface area contributed by atoms with Gasteiger partial charge in [-0.3, -0.25) is 4.90 Å². The Hall–Kier alpha value is -1.19. The van der Waals surface area contributed by atoms with E-state index in [1.54, 1.807) is 0 Å². The summed E-state index contributed by atoms with van der Waals surface area (Å²) in [5, 5.41) is 0. The Bertz CT molecular complexity index is 539. The summed E-state index contributed by atoms with van der Waals surface area (Å²) in [5.41, 5.74) is 4.16. The Morgan fingerprint density at radius 2 is 2.00 bits per heavy atom. The first-order valence-corrected chi connectivity index (χ1v) is 7.01. The summed E-state index contributed by atoms with van der Waals surface area (Å²) in [7, 11) is 0. The van der Waals surface area contributed by atoms with Gasteiger partial charge in [-0.05, 0) is 45.1 Å². The van der Waals surface area contributed by atoms with Gasteiger partial charge in [0.05, 0.1) is 0 Å². The first-order chi connectivity index (χ1) is 8.83. The highest BCUT2D eigenvalue weighted by atomic mass is 79.9. The predicted octanol–water partition coefficient (Wildman–Crippen LogP) is 3.40. The fourth-order valence-corrected chi connectivity index (χ4v) is 3.05. The van der Waals surface area contributed by atoms with Crippen molar-refractivity contribution in [2.75, 3.05) is 6.54 Å². The van der Waals surface area contributed by atoms with Crippen LogP contribution in [0.15, 0.2) is 47.2 Å². The molecule has 2 heterocycles. The summed E-state index contributed by atoms with van der Waals surface area (Å²) in [6, 6.07) is 12.8. The van der Waals surface area contributed by atoms with Crippen molar-refractivity contribution in [1.29, 1.82) is 0 Å². The quantitative estimate of drug-likeness (QED) is 0.791. The number of rotatable bonds is 2. The maximum Gasteiger partial charge on any atom is 0.109 e. The molecule has 0 fully saturated rings. The van der Waals surface area contributed by atoms with E-state index < -0.39 is 0 Å². The Kier molecular flexibility index (Phi) is 3.43. The Labute approximate surface area is 116 Å². The standard InChI is InChI=1S/C15H15BrN2/c16-15-14-7-9-18(11-13(14)6-8-17-15)10-12-4-2-1-3-5-12/h1-6,8H,7,9-11H2. The zero-order chi connectivity index (χ0) is 12.4. The van der Waals surface area contributed by atoms with E-state index in [9.17, 15) is 0 Å². The Balaban J connectivity index is 1.76. The van der Waals surface area contributed by atoms with Crippen LogP contribution >= 0.6 is 15.9 Å². The zero-order valence-corrected chi connectivity index (χ0v) is 11.7. The first-order valence-electron chi connectivity index (χ1n) is 6.21. The van der Waals surface area contributed by atoms with Crippen molar-refractivity contribution < 1.29 is 0 Å². The molecule has 0 radical (unpaired) electrons. The van der Waals surface area contributed by atoms with Gasteiger partial charge in [-0.2, -0.15) is 0 Å². The molecule has 92 valence electrons. The van der Waals surface area contributed by atoms with Gasteiger partial charge in [-0.15, -0.1) is 0 Å². The second-order valence-corrected chi connectivity index (χ2v) is 5.44. The number of benzene rings is 1. The van der Waals surface area contributed by atoms with Crippen molar-refractivity contribution in [2.45, 2.75) is 19.5 Å². The molecule has 1 aliphatic heterocycles. The van der Waals surface area contributed by atoms with E-state index in [1.807, 2.05) is 6.20 Å². The van der Waals surface area contributed by atoms with Crippen molar-refractivity contribution in [3.63, 3.8) is 0 Å². The number of hydrogen-bond acceptors (Lipinski definition) is 2. The van der Waals surface area contributed by atoms with Gasteiger partial charge in [0.25, 0.3) is 0 Å². The molecule has 3 heteroatoms. The van der Waals surface area contributed by atoms with E-state index in [0.717, 1.165) is 30.7 Å². The fraction of sp³-hybridized carbons (Fsp3) is 0.267. The SMILES string of the molecule is Brc1nccc2c1CCN(Cc1ccccc1)C2. The number of nitrogens with zero attached hydrogens (tertiary/aromatic N) is 2. The van der Waals surface area contributed by atoms with Crippen molar-refractivity contribution in [2.24, 2.45) is 0 Å². The zero-order valence-electron chi connectivity index (χ0n) is 10.1. The van der Waals surface area contributed by atoms with E-state index in [2.05, 4.69) is 62.2 Å². The molecular weight excluding hydrogens is 288 g/mol. The highest BCUT2D eigenvalue weighted by Gasteiger charge is 2.18. The average Bonchev–Trinajstić information content (AvgIpc) is 2.40. The molecule has 2 aromatic rings. The molecule has 0 N–H and O–H groups in total. The van der Waals surface area contributed by atoms with Crippen molar-refractivity contribution >= 4 is 15.9 Å². The molecule has 0 amide bonds. The number of hydrogen-bond donors (Lipinski definition) is 0. The lowest BCUT2D eigenvalue weighted by atomic mass is 10.0. The molecule has 0 aliphatic carbocycles. The van der Waals surface area contributed by atoms with E-state index >= 15 is 0 Å². The minimum absolute atomic E-state index is 1.01. The minimum atomic E-state index is 1.01. The van der Waals surface area contributed by atoms with Crippen molar-refractivity contribution in [3.05, 3.63) is 63.9 Å². The maximum absolute atomic E-state index is 4.30. The maximum atomic E-state index is 4.30. The van der Waals surface area contributed by atoms with Gasteiger partial charge >= 0.3 is 0 Å². The molecule has 1 aromatic carbocycles. The predicted molar refractivity (Wildman–Crippen MR) is 76.2 cm³/mol. The topological polar surface area (TPSA) is 16.1 Å². The third kappa shape index (κ3) is 2.47. The van der Waals surface area contributed by atoms with Gasteiger partial charge in [0.1, 0.15) is 4.60 Å². The van der Waals surface area contributed by atoms with E-state index in [-0.39, 0.29) is 0 Å². The molecule has 0 saturated carbocycles. The Morgan fingerprint density at radius 1 is 1.17 bits per heavy atom. The van der Waals surface area contributed by atoms with Crippen LogP contribution in [0.25, 0.3) is 0 Å². The van der Waals surface area contributed by atoms with Crippen LogP contribution < -0.4 is 0 Å². The fourth-order valence-electron chi connectivity index (χ4n) is 2.48. The Morgan fingerprint density at radius 3 is 2.83 bits per heavy atom.